The topological polar surface area (TPSA) is 107 Å². The summed E-state index contributed by atoms with van der Waals surface area (Å²) in [5.74, 6) is 0.519. The van der Waals surface area contributed by atoms with Crippen molar-refractivity contribution in [3.8, 4) is 0 Å². The maximum absolute atomic E-state index is 12.3. The van der Waals surface area contributed by atoms with Gasteiger partial charge in [-0.15, -0.1) is 24.0 Å². The van der Waals surface area contributed by atoms with Crippen molar-refractivity contribution >= 4 is 45.9 Å². The van der Waals surface area contributed by atoms with E-state index in [1.807, 2.05) is 4.90 Å². The maximum Gasteiger partial charge on any atom is 0.243 e. The lowest BCUT2D eigenvalue weighted by Gasteiger charge is -2.27. The number of amides is 1. The molecule has 0 aromatic carbocycles. The molecule has 2 aliphatic heterocycles. The number of carbonyl (C=O) groups excluding carboxylic acids is 1. The number of halogens is 1. The predicted octanol–water partition coefficient (Wildman–Crippen LogP) is -0.626. The molecule has 0 aromatic rings. The second kappa shape index (κ2) is 13.7. The summed E-state index contributed by atoms with van der Waals surface area (Å²) in [6, 6.07) is 0. The Bertz CT molecular complexity index is 655. The Morgan fingerprint density at radius 3 is 2.57 bits per heavy atom. The molecule has 0 aromatic heterocycles. The Morgan fingerprint density at radius 1 is 1.23 bits per heavy atom. The molecular weight excluding hydrogens is 523 g/mol. The van der Waals surface area contributed by atoms with E-state index in [0.717, 1.165) is 39.3 Å². The SMILES string of the molecule is CCNS(=O)(=O)C1CCN(C(=NCC(=O)N(C)C)NCCCN2CCOCC2)C1.I. The Kier molecular flexibility index (Phi) is 12.4. The molecule has 2 saturated heterocycles. The van der Waals surface area contributed by atoms with E-state index in [0.29, 0.717) is 38.6 Å². The highest BCUT2D eigenvalue weighted by Crippen LogP contribution is 2.16. The molecule has 176 valence electrons. The Hall–Kier alpha value is -0.700. The molecule has 2 N–H and O–H groups in total. The van der Waals surface area contributed by atoms with E-state index in [1.54, 1.807) is 21.0 Å². The average Bonchev–Trinajstić information content (AvgIpc) is 3.19. The quantitative estimate of drug-likeness (QED) is 0.168. The Labute approximate surface area is 197 Å². The van der Waals surface area contributed by atoms with Gasteiger partial charge in [-0.3, -0.25) is 9.69 Å². The summed E-state index contributed by atoms with van der Waals surface area (Å²) in [5.41, 5.74) is 0. The number of rotatable bonds is 9. The number of nitrogens with one attached hydrogen (secondary N) is 2. The zero-order valence-electron chi connectivity index (χ0n) is 18.3. The van der Waals surface area contributed by atoms with Crippen LogP contribution in [0, 0.1) is 0 Å². The van der Waals surface area contributed by atoms with Crippen LogP contribution < -0.4 is 10.0 Å². The minimum atomic E-state index is -3.33. The number of guanidine groups is 1. The number of sulfonamides is 1. The molecule has 1 amide bonds. The third-order valence-electron chi connectivity index (χ3n) is 5.13. The van der Waals surface area contributed by atoms with E-state index in [4.69, 9.17) is 4.74 Å². The molecule has 0 spiro atoms. The molecule has 1 atom stereocenters. The number of carbonyl (C=O) groups is 1. The van der Waals surface area contributed by atoms with Gasteiger partial charge in [-0.2, -0.15) is 0 Å². The largest absolute Gasteiger partial charge is 0.379 e. The number of morpholine rings is 1. The highest BCUT2D eigenvalue weighted by atomic mass is 127. The van der Waals surface area contributed by atoms with Crippen LogP contribution in [0.25, 0.3) is 0 Å². The van der Waals surface area contributed by atoms with Crippen LogP contribution in [0.1, 0.15) is 19.8 Å². The molecule has 12 heteroatoms. The molecule has 2 heterocycles. The van der Waals surface area contributed by atoms with E-state index in [2.05, 4.69) is 19.9 Å². The highest BCUT2D eigenvalue weighted by Gasteiger charge is 2.34. The lowest BCUT2D eigenvalue weighted by atomic mass is 10.3. The molecular formula is C18H37IN6O4S. The van der Waals surface area contributed by atoms with Crippen LogP contribution in [0.4, 0.5) is 0 Å². The molecule has 2 rings (SSSR count). The van der Waals surface area contributed by atoms with Crippen molar-refractivity contribution in [3.05, 3.63) is 0 Å². The van der Waals surface area contributed by atoms with Gasteiger partial charge in [0.1, 0.15) is 6.54 Å². The molecule has 30 heavy (non-hydrogen) atoms. The van der Waals surface area contributed by atoms with Crippen LogP contribution in [-0.2, 0) is 19.6 Å². The number of ether oxygens (including phenoxy) is 1. The minimum Gasteiger partial charge on any atom is -0.379 e. The first-order chi connectivity index (χ1) is 13.8. The normalized spacial score (nSPS) is 20.7. The second-order valence-corrected chi connectivity index (χ2v) is 9.61. The first-order valence-corrected chi connectivity index (χ1v) is 11.9. The number of aliphatic imine (C=N–C) groups is 1. The van der Waals surface area contributed by atoms with Crippen molar-refractivity contribution in [1.82, 2.24) is 24.7 Å². The zero-order valence-corrected chi connectivity index (χ0v) is 21.4. The van der Waals surface area contributed by atoms with Crippen molar-refractivity contribution in [2.45, 2.75) is 25.0 Å². The summed E-state index contributed by atoms with van der Waals surface area (Å²) in [6.45, 7) is 8.33. The summed E-state index contributed by atoms with van der Waals surface area (Å²) in [7, 11) is 0.0642. The molecule has 1 unspecified atom stereocenters. The smallest absolute Gasteiger partial charge is 0.243 e. The number of nitrogens with zero attached hydrogens (tertiary/aromatic N) is 4. The lowest BCUT2D eigenvalue weighted by molar-refractivity contribution is -0.127. The first kappa shape index (κ1) is 27.3. The molecule has 10 nitrogen and oxygen atoms in total. The van der Waals surface area contributed by atoms with Gasteiger partial charge >= 0.3 is 0 Å². The fourth-order valence-electron chi connectivity index (χ4n) is 3.37. The van der Waals surface area contributed by atoms with Gasteiger partial charge in [0.05, 0.1) is 18.5 Å². The van der Waals surface area contributed by atoms with Crippen molar-refractivity contribution in [1.29, 1.82) is 0 Å². The van der Waals surface area contributed by atoms with Gasteiger partial charge in [-0.05, 0) is 19.4 Å². The number of likely N-dealkylation sites (tertiary alicyclic amines) is 1. The van der Waals surface area contributed by atoms with Crippen LogP contribution in [0.5, 0.6) is 0 Å². The number of hydrogen-bond acceptors (Lipinski definition) is 6. The van der Waals surface area contributed by atoms with Crippen LogP contribution >= 0.6 is 24.0 Å². The summed E-state index contributed by atoms with van der Waals surface area (Å²) in [6.07, 6.45) is 1.49. The van der Waals surface area contributed by atoms with Gasteiger partial charge in [0.15, 0.2) is 5.96 Å². The van der Waals surface area contributed by atoms with E-state index < -0.39 is 15.3 Å². The average molecular weight is 561 g/mol. The van der Waals surface area contributed by atoms with E-state index in [1.165, 1.54) is 4.90 Å². The van der Waals surface area contributed by atoms with Gasteiger partial charge in [0.2, 0.25) is 15.9 Å². The third-order valence-corrected chi connectivity index (χ3v) is 7.08. The molecule has 0 radical (unpaired) electrons. The van der Waals surface area contributed by atoms with Gasteiger partial charge in [-0.25, -0.2) is 18.1 Å². The third kappa shape index (κ3) is 8.81. The van der Waals surface area contributed by atoms with E-state index in [9.17, 15) is 13.2 Å². The lowest BCUT2D eigenvalue weighted by Crippen LogP contribution is -2.44. The summed E-state index contributed by atoms with van der Waals surface area (Å²) >= 11 is 0. The minimum absolute atomic E-state index is 0. The molecule has 2 aliphatic rings. The van der Waals surface area contributed by atoms with Crippen molar-refractivity contribution in [3.63, 3.8) is 0 Å². The molecule has 2 fully saturated rings. The van der Waals surface area contributed by atoms with Crippen molar-refractivity contribution < 1.29 is 17.9 Å². The van der Waals surface area contributed by atoms with E-state index in [-0.39, 0.29) is 36.4 Å². The fourth-order valence-corrected chi connectivity index (χ4v) is 4.80. The number of likely N-dealkylation sites (N-methyl/N-ethyl adjacent to an activating group) is 1. The van der Waals surface area contributed by atoms with Crippen LogP contribution in [0.2, 0.25) is 0 Å². The van der Waals surface area contributed by atoms with Crippen molar-refractivity contribution in [2.75, 3.05) is 79.7 Å². The summed E-state index contributed by atoms with van der Waals surface area (Å²) in [4.78, 5) is 22.2. The number of hydrogen-bond donors (Lipinski definition) is 2. The van der Waals surface area contributed by atoms with Gasteiger partial charge in [0.25, 0.3) is 0 Å². The summed E-state index contributed by atoms with van der Waals surface area (Å²) < 4.78 is 32.6. The maximum atomic E-state index is 12.3. The van der Waals surface area contributed by atoms with Crippen molar-refractivity contribution in [2.24, 2.45) is 4.99 Å². The zero-order chi connectivity index (χ0) is 21.3. The van der Waals surface area contributed by atoms with Crippen LogP contribution in [0.3, 0.4) is 0 Å². The predicted molar refractivity (Wildman–Crippen MR) is 129 cm³/mol. The fraction of sp³-hybridized carbons (Fsp3) is 0.889. The molecule has 0 saturated carbocycles. The first-order valence-electron chi connectivity index (χ1n) is 10.4. The van der Waals surface area contributed by atoms with Gasteiger partial charge in [0, 0.05) is 53.4 Å². The van der Waals surface area contributed by atoms with Crippen LogP contribution in [-0.4, -0.2) is 120 Å². The Balaban J connectivity index is 0.00000450. The molecule has 0 bridgehead atoms. The summed E-state index contributed by atoms with van der Waals surface area (Å²) in [5, 5.41) is 2.87. The Morgan fingerprint density at radius 2 is 1.93 bits per heavy atom. The monoisotopic (exact) mass is 560 g/mol. The standard InChI is InChI=1S/C18H36N6O4S.HI/c1-4-21-29(26,27)16-6-9-24(15-16)18(20-14-17(25)22(2)3)19-7-5-8-23-10-12-28-13-11-23;/h16,21H,4-15H2,1-3H3,(H,19,20);1H. The van der Waals surface area contributed by atoms with Crippen LogP contribution in [0.15, 0.2) is 4.99 Å². The van der Waals surface area contributed by atoms with E-state index >= 15 is 0 Å². The molecule has 0 aliphatic carbocycles. The van der Waals surface area contributed by atoms with Gasteiger partial charge in [-0.1, -0.05) is 6.92 Å². The highest BCUT2D eigenvalue weighted by molar-refractivity contribution is 14.0. The second-order valence-electron chi connectivity index (χ2n) is 7.56. The van der Waals surface area contributed by atoms with Gasteiger partial charge < -0.3 is 19.9 Å².